The highest BCUT2D eigenvalue weighted by molar-refractivity contribution is 8.00. The molecule has 33 heavy (non-hydrogen) atoms. The van der Waals surface area contributed by atoms with Crippen LogP contribution in [-0.2, 0) is 4.79 Å². The third kappa shape index (κ3) is 4.89. The van der Waals surface area contributed by atoms with Crippen LogP contribution in [0.15, 0.2) is 69.9 Å². The third-order valence-corrected chi connectivity index (χ3v) is 7.24. The molecule has 1 atom stereocenters. The summed E-state index contributed by atoms with van der Waals surface area (Å²) < 4.78 is 12.6. The van der Waals surface area contributed by atoms with Crippen LogP contribution in [0.5, 0.6) is 11.5 Å². The number of benzene rings is 2. The van der Waals surface area contributed by atoms with Crippen molar-refractivity contribution in [1.82, 2.24) is 9.55 Å². The molecule has 0 aliphatic carbocycles. The molecule has 0 aliphatic rings. The molecular formula is C24H23N3O4S2. The van der Waals surface area contributed by atoms with Gasteiger partial charge in [-0.15, -0.1) is 11.3 Å². The number of aromatic nitrogens is 2. The second kappa shape index (κ2) is 10.1. The molecule has 0 spiro atoms. The molecule has 4 aromatic rings. The van der Waals surface area contributed by atoms with Gasteiger partial charge in [0.15, 0.2) is 5.16 Å². The number of thiophene rings is 1. The number of hydrogen-bond donors (Lipinski definition) is 1. The Bertz CT molecular complexity index is 1330. The quantitative estimate of drug-likeness (QED) is 0.283. The van der Waals surface area contributed by atoms with E-state index >= 15 is 0 Å². The summed E-state index contributed by atoms with van der Waals surface area (Å²) in [7, 11) is 3.17. The largest absolute Gasteiger partial charge is 0.497 e. The molecule has 0 bridgehead atoms. The van der Waals surface area contributed by atoms with Gasteiger partial charge in [-0.1, -0.05) is 24.8 Å². The fourth-order valence-corrected chi connectivity index (χ4v) is 5.09. The van der Waals surface area contributed by atoms with E-state index in [-0.39, 0.29) is 11.5 Å². The van der Waals surface area contributed by atoms with Gasteiger partial charge in [0, 0.05) is 11.8 Å². The number of anilines is 1. The Labute approximate surface area is 199 Å². The van der Waals surface area contributed by atoms with Crippen molar-refractivity contribution < 1.29 is 14.3 Å². The highest BCUT2D eigenvalue weighted by atomic mass is 32.2. The van der Waals surface area contributed by atoms with Crippen LogP contribution in [-0.4, -0.2) is 34.9 Å². The lowest BCUT2D eigenvalue weighted by Crippen LogP contribution is -2.27. The monoisotopic (exact) mass is 481 g/mol. The van der Waals surface area contributed by atoms with Gasteiger partial charge in [0.2, 0.25) is 5.91 Å². The molecule has 0 unspecified atom stereocenters. The molecule has 2 aromatic carbocycles. The van der Waals surface area contributed by atoms with Crippen molar-refractivity contribution in [2.75, 3.05) is 19.5 Å². The Morgan fingerprint density at radius 2 is 1.88 bits per heavy atom. The van der Waals surface area contributed by atoms with Gasteiger partial charge in [0.05, 0.1) is 30.7 Å². The van der Waals surface area contributed by atoms with Crippen LogP contribution < -0.4 is 20.3 Å². The van der Waals surface area contributed by atoms with E-state index in [1.165, 1.54) is 23.1 Å². The minimum atomic E-state index is -0.455. The van der Waals surface area contributed by atoms with E-state index in [1.807, 2.05) is 42.6 Å². The average Bonchev–Trinajstić information content (AvgIpc) is 3.32. The lowest BCUT2D eigenvalue weighted by atomic mass is 10.2. The molecule has 9 heteroatoms. The van der Waals surface area contributed by atoms with Crippen molar-refractivity contribution in [2.45, 2.75) is 23.8 Å². The maximum absolute atomic E-state index is 13.3. The number of carbonyl (C=O) groups is 1. The van der Waals surface area contributed by atoms with Crippen LogP contribution in [0.1, 0.15) is 13.3 Å². The number of hydrogen-bond acceptors (Lipinski definition) is 7. The zero-order chi connectivity index (χ0) is 23.4. The van der Waals surface area contributed by atoms with Crippen LogP contribution in [0, 0.1) is 0 Å². The highest BCUT2D eigenvalue weighted by Gasteiger charge is 2.23. The maximum Gasteiger partial charge on any atom is 0.276 e. The molecule has 0 aliphatic heterocycles. The summed E-state index contributed by atoms with van der Waals surface area (Å²) in [4.78, 5) is 31.1. The van der Waals surface area contributed by atoms with Gasteiger partial charge in [-0.3, -0.25) is 14.2 Å². The van der Waals surface area contributed by atoms with Crippen LogP contribution in [0.4, 0.5) is 5.69 Å². The van der Waals surface area contributed by atoms with E-state index in [2.05, 4.69) is 5.32 Å². The summed E-state index contributed by atoms with van der Waals surface area (Å²) in [5.41, 5.74) is 1.77. The molecule has 0 saturated carbocycles. The second-order valence-electron chi connectivity index (χ2n) is 7.10. The van der Waals surface area contributed by atoms with Crippen molar-refractivity contribution in [3.63, 3.8) is 0 Å². The van der Waals surface area contributed by atoms with Crippen molar-refractivity contribution in [3.05, 3.63) is 70.3 Å². The second-order valence-corrected chi connectivity index (χ2v) is 9.19. The average molecular weight is 482 g/mol. The smallest absolute Gasteiger partial charge is 0.276 e. The van der Waals surface area contributed by atoms with E-state index in [0.717, 1.165) is 0 Å². The molecule has 1 N–H and O–H groups in total. The molecule has 0 fully saturated rings. The number of nitrogens with one attached hydrogen (secondary N) is 1. The zero-order valence-electron chi connectivity index (χ0n) is 18.4. The van der Waals surface area contributed by atoms with Gasteiger partial charge in [-0.25, -0.2) is 4.98 Å². The fourth-order valence-electron chi connectivity index (χ4n) is 3.30. The molecular weight excluding hydrogens is 458 g/mol. The Kier molecular flexibility index (Phi) is 7.00. The predicted molar refractivity (Wildman–Crippen MR) is 133 cm³/mol. The summed E-state index contributed by atoms with van der Waals surface area (Å²) in [6.45, 7) is 1.93. The number of thioether (sulfide) groups is 1. The SMILES string of the molecule is CC[C@@H](Sc1nc2ccsc2c(=O)n1-c1ccc(OC)cc1)C(=O)Nc1cccc(OC)c1. The summed E-state index contributed by atoms with van der Waals surface area (Å²) >= 11 is 2.63. The summed E-state index contributed by atoms with van der Waals surface area (Å²) in [6.07, 6.45) is 0.556. The minimum Gasteiger partial charge on any atom is -0.497 e. The van der Waals surface area contributed by atoms with Crippen molar-refractivity contribution in [2.24, 2.45) is 0 Å². The van der Waals surface area contributed by atoms with Gasteiger partial charge in [0.25, 0.3) is 5.56 Å². The molecule has 1 amide bonds. The first kappa shape index (κ1) is 22.9. The van der Waals surface area contributed by atoms with E-state index < -0.39 is 5.25 Å². The standard InChI is InChI=1S/C24H23N3O4S2/c1-4-20(22(28)25-15-6-5-7-18(14-15)31-3)33-24-26-19-12-13-32-21(19)23(29)27(24)16-8-10-17(30-2)11-9-16/h5-14,20H,4H2,1-3H3,(H,25,28)/t20-/m1/s1. The molecule has 170 valence electrons. The van der Waals surface area contributed by atoms with Crippen LogP contribution in [0.2, 0.25) is 0 Å². The third-order valence-electron chi connectivity index (χ3n) is 5.03. The number of nitrogens with zero attached hydrogens (tertiary/aromatic N) is 2. The number of carbonyl (C=O) groups excluding carboxylic acids is 1. The first-order chi connectivity index (χ1) is 16.0. The van der Waals surface area contributed by atoms with Gasteiger partial charge < -0.3 is 14.8 Å². The van der Waals surface area contributed by atoms with E-state index in [0.29, 0.717) is 44.7 Å². The predicted octanol–water partition coefficient (Wildman–Crippen LogP) is 4.97. The lowest BCUT2D eigenvalue weighted by Gasteiger charge is -2.18. The van der Waals surface area contributed by atoms with Crippen molar-refractivity contribution >= 4 is 44.9 Å². The number of fused-ring (bicyclic) bond motifs is 1. The molecule has 0 saturated heterocycles. The Morgan fingerprint density at radius 1 is 1.12 bits per heavy atom. The topological polar surface area (TPSA) is 82.5 Å². The van der Waals surface area contributed by atoms with E-state index in [9.17, 15) is 9.59 Å². The molecule has 2 aromatic heterocycles. The van der Waals surface area contributed by atoms with Crippen molar-refractivity contribution in [3.8, 4) is 17.2 Å². The number of rotatable bonds is 8. The molecule has 2 heterocycles. The number of ether oxygens (including phenoxy) is 2. The summed E-state index contributed by atoms with van der Waals surface area (Å²) in [5, 5.41) is 4.79. The fraction of sp³-hybridized carbons (Fsp3) is 0.208. The van der Waals surface area contributed by atoms with Crippen molar-refractivity contribution in [1.29, 1.82) is 0 Å². The Morgan fingerprint density at radius 3 is 2.58 bits per heavy atom. The molecule has 4 rings (SSSR count). The number of amides is 1. The summed E-state index contributed by atoms with van der Waals surface area (Å²) in [6, 6.07) is 16.2. The maximum atomic E-state index is 13.3. The Balaban J connectivity index is 1.69. The van der Waals surface area contributed by atoms with E-state index in [4.69, 9.17) is 14.5 Å². The van der Waals surface area contributed by atoms with Gasteiger partial charge >= 0.3 is 0 Å². The summed E-state index contributed by atoms with van der Waals surface area (Å²) in [5.74, 6) is 1.18. The zero-order valence-corrected chi connectivity index (χ0v) is 20.0. The minimum absolute atomic E-state index is 0.161. The Hall–Kier alpha value is -3.30. The molecule has 0 radical (unpaired) electrons. The van der Waals surface area contributed by atoms with Crippen LogP contribution >= 0.6 is 23.1 Å². The first-order valence-electron chi connectivity index (χ1n) is 10.3. The highest BCUT2D eigenvalue weighted by Crippen LogP contribution is 2.29. The normalized spacial score (nSPS) is 11.8. The van der Waals surface area contributed by atoms with Gasteiger partial charge in [-0.05, 0) is 54.3 Å². The van der Waals surface area contributed by atoms with Crippen LogP contribution in [0.3, 0.4) is 0 Å². The van der Waals surface area contributed by atoms with Gasteiger partial charge in [-0.2, -0.15) is 0 Å². The van der Waals surface area contributed by atoms with Gasteiger partial charge in [0.1, 0.15) is 16.2 Å². The van der Waals surface area contributed by atoms with E-state index in [1.54, 1.807) is 43.1 Å². The first-order valence-corrected chi connectivity index (χ1v) is 12.1. The number of methoxy groups -OCH3 is 2. The molecule has 7 nitrogen and oxygen atoms in total. The lowest BCUT2D eigenvalue weighted by molar-refractivity contribution is -0.115. The van der Waals surface area contributed by atoms with Crippen LogP contribution in [0.25, 0.3) is 15.9 Å².